The van der Waals surface area contributed by atoms with Crippen molar-refractivity contribution in [2.75, 3.05) is 0 Å². The SMILES string of the molecule is CCC(CC1NC1(CC)CC)C(CC)C(C)C. The fraction of sp³-hybridized carbons (Fsp3) is 1.00. The molecule has 1 N–H and O–H groups in total. The van der Waals surface area contributed by atoms with Crippen LogP contribution in [0, 0.1) is 17.8 Å². The van der Waals surface area contributed by atoms with Gasteiger partial charge in [-0.3, -0.25) is 0 Å². The van der Waals surface area contributed by atoms with E-state index in [1.165, 1.54) is 32.1 Å². The van der Waals surface area contributed by atoms with Crippen LogP contribution in [-0.2, 0) is 0 Å². The maximum Gasteiger partial charge on any atom is 0.0333 e. The molecule has 1 heteroatoms. The van der Waals surface area contributed by atoms with Gasteiger partial charge in [-0.2, -0.15) is 0 Å². The molecule has 17 heavy (non-hydrogen) atoms. The van der Waals surface area contributed by atoms with Gasteiger partial charge in [-0.15, -0.1) is 0 Å². The summed E-state index contributed by atoms with van der Waals surface area (Å²) in [4.78, 5) is 0. The first kappa shape index (κ1) is 15.0. The van der Waals surface area contributed by atoms with Gasteiger partial charge in [-0.25, -0.2) is 0 Å². The normalized spacial score (nSPS) is 25.9. The first-order chi connectivity index (χ1) is 8.04. The van der Waals surface area contributed by atoms with Crippen molar-refractivity contribution in [3.8, 4) is 0 Å². The summed E-state index contributed by atoms with van der Waals surface area (Å²) in [5, 5.41) is 3.76. The molecule has 3 unspecified atom stereocenters. The predicted molar refractivity (Wildman–Crippen MR) is 77.3 cm³/mol. The van der Waals surface area contributed by atoms with Gasteiger partial charge in [0.25, 0.3) is 0 Å². The second kappa shape index (κ2) is 6.22. The zero-order chi connectivity index (χ0) is 13.1. The van der Waals surface area contributed by atoms with Crippen molar-refractivity contribution in [1.29, 1.82) is 0 Å². The molecule has 1 heterocycles. The lowest BCUT2D eigenvalue weighted by molar-refractivity contribution is 0.222. The molecular formula is C16H33N. The van der Waals surface area contributed by atoms with Crippen molar-refractivity contribution in [1.82, 2.24) is 5.32 Å². The van der Waals surface area contributed by atoms with Gasteiger partial charge >= 0.3 is 0 Å². The van der Waals surface area contributed by atoms with E-state index < -0.39 is 0 Å². The molecule has 0 aromatic carbocycles. The number of nitrogens with one attached hydrogen (secondary N) is 1. The summed E-state index contributed by atoms with van der Waals surface area (Å²) in [5.41, 5.74) is 0.503. The van der Waals surface area contributed by atoms with Crippen LogP contribution in [0.25, 0.3) is 0 Å². The summed E-state index contributed by atoms with van der Waals surface area (Å²) in [6.45, 7) is 14.2. The molecule has 1 aliphatic heterocycles. The Balaban J connectivity index is 2.54. The van der Waals surface area contributed by atoms with Gasteiger partial charge in [-0.1, -0.05) is 54.4 Å². The maximum absolute atomic E-state index is 3.76. The van der Waals surface area contributed by atoms with Gasteiger partial charge in [0.2, 0.25) is 0 Å². The second-order valence-corrected chi connectivity index (χ2v) is 6.28. The average Bonchev–Trinajstić information content (AvgIpc) is 3.02. The van der Waals surface area contributed by atoms with Gasteiger partial charge in [0.05, 0.1) is 0 Å². The Labute approximate surface area is 109 Å². The summed E-state index contributed by atoms with van der Waals surface area (Å²) in [5.74, 6) is 2.66. The Hall–Kier alpha value is -0.0400. The van der Waals surface area contributed by atoms with E-state index in [1.54, 1.807) is 0 Å². The Morgan fingerprint density at radius 2 is 1.59 bits per heavy atom. The van der Waals surface area contributed by atoms with E-state index in [2.05, 4.69) is 46.9 Å². The Morgan fingerprint density at radius 1 is 1.00 bits per heavy atom. The van der Waals surface area contributed by atoms with Crippen LogP contribution in [0.15, 0.2) is 0 Å². The van der Waals surface area contributed by atoms with Crippen LogP contribution < -0.4 is 5.32 Å². The molecule has 1 rings (SSSR count). The molecule has 102 valence electrons. The van der Waals surface area contributed by atoms with Gasteiger partial charge < -0.3 is 5.32 Å². The lowest BCUT2D eigenvalue weighted by Gasteiger charge is -2.29. The summed E-state index contributed by atoms with van der Waals surface area (Å²) in [7, 11) is 0. The molecule has 0 aromatic heterocycles. The molecule has 0 aromatic rings. The van der Waals surface area contributed by atoms with Crippen LogP contribution in [0.5, 0.6) is 0 Å². The highest BCUT2D eigenvalue weighted by Crippen LogP contribution is 2.41. The molecule has 0 radical (unpaired) electrons. The van der Waals surface area contributed by atoms with Crippen LogP contribution in [0.4, 0.5) is 0 Å². The molecule has 3 atom stereocenters. The van der Waals surface area contributed by atoms with Crippen molar-refractivity contribution in [3.05, 3.63) is 0 Å². The molecule has 0 spiro atoms. The topological polar surface area (TPSA) is 21.9 Å². The van der Waals surface area contributed by atoms with E-state index in [0.29, 0.717) is 5.54 Å². The molecule has 1 fully saturated rings. The Kier molecular flexibility index (Phi) is 5.50. The third-order valence-electron chi connectivity index (χ3n) is 5.30. The van der Waals surface area contributed by atoms with Crippen LogP contribution in [0.1, 0.15) is 73.6 Å². The van der Waals surface area contributed by atoms with Crippen LogP contribution in [0.3, 0.4) is 0 Å². The summed E-state index contributed by atoms with van der Waals surface area (Å²) >= 11 is 0. The highest BCUT2D eigenvalue weighted by atomic mass is 15.2. The monoisotopic (exact) mass is 239 g/mol. The minimum Gasteiger partial charge on any atom is -0.305 e. The van der Waals surface area contributed by atoms with Gasteiger partial charge in [0, 0.05) is 11.6 Å². The van der Waals surface area contributed by atoms with Crippen molar-refractivity contribution >= 4 is 0 Å². The highest BCUT2D eigenvalue weighted by Gasteiger charge is 2.50. The lowest BCUT2D eigenvalue weighted by atomic mass is 9.76. The average molecular weight is 239 g/mol. The van der Waals surface area contributed by atoms with Crippen molar-refractivity contribution in [2.45, 2.75) is 85.2 Å². The third kappa shape index (κ3) is 3.24. The van der Waals surface area contributed by atoms with Crippen molar-refractivity contribution in [3.63, 3.8) is 0 Å². The first-order valence-electron chi connectivity index (χ1n) is 7.82. The van der Waals surface area contributed by atoms with E-state index in [1.807, 2.05) is 0 Å². The predicted octanol–water partition coefficient (Wildman–Crippen LogP) is 4.62. The maximum atomic E-state index is 3.76. The smallest absolute Gasteiger partial charge is 0.0333 e. The van der Waals surface area contributed by atoms with Crippen LogP contribution >= 0.6 is 0 Å². The molecule has 1 aliphatic rings. The molecule has 0 bridgehead atoms. The zero-order valence-corrected chi connectivity index (χ0v) is 12.8. The zero-order valence-electron chi connectivity index (χ0n) is 12.8. The minimum absolute atomic E-state index is 0.503. The molecule has 0 aliphatic carbocycles. The number of hydrogen-bond donors (Lipinski definition) is 1. The minimum atomic E-state index is 0.503. The lowest BCUT2D eigenvalue weighted by Crippen LogP contribution is -2.23. The Morgan fingerprint density at radius 3 is 1.88 bits per heavy atom. The molecular weight excluding hydrogens is 206 g/mol. The van der Waals surface area contributed by atoms with Crippen molar-refractivity contribution in [2.24, 2.45) is 17.8 Å². The summed E-state index contributed by atoms with van der Waals surface area (Å²) in [6.07, 6.45) is 6.67. The second-order valence-electron chi connectivity index (χ2n) is 6.28. The summed E-state index contributed by atoms with van der Waals surface area (Å²) < 4.78 is 0. The fourth-order valence-electron chi connectivity index (χ4n) is 3.83. The highest BCUT2D eigenvalue weighted by molar-refractivity contribution is 5.13. The van der Waals surface area contributed by atoms with E-state index in [9.17, 15) is 0 Å². The summed E-state index contributed by atoms with van der Waals surface area (Å²) in [6, 6.07) is 0.801. The van der Waals surface area contributed by atoms with E-state index >= 15 is 0 Å². The van der Waals surface area contributed by atoms with Gasteiger partial charge in [0.1, 0.15) is 0 Å². The van der Waals surface area contributed by atoms with Crippen LogP contribution in [-0.4, -0.2) is 11.6 Å². The number of hydrogen-bond acceptors (Lipinski definition) is 1. The van der Waals surface area contributed by atoms with E-state index in [-0.39, 0.29) is 0 Å². The number of rotatable bonds is 8. The van der Waals surface area contributed by atoms with Crippen molar-refractivity contribution < 1.29 is 0 Å². The third-order valence-corrected chi connectivity index (χ3v) is 5.30. The van der Waals surface area contributed by atoms with E-state index in [4.69, 9.17) is 0 Å². The first-order valence-corrected chi connectivity index (χ1v) is 7.82. The van der Waals surface area contributed by atoms with Gasteiger partial charge in [-0.05, 0) is 37.0 Å². The molecule has 0 amide bonds. The van der Waals surface area contributed by atoms with Gasteiger partial charge in [0.15, 0.2) is 0 Å². The molecule has 1 nitrogen and oxygen atoms in total. The standard InChI is InChI=1S/C16H33N/c1-7-13(14(8-2)12(5)6)11-15-16(9-3,10-4)17-15/h12-15,17H,7-11H2,1-6H3. The molecule has 1 saturated heterocycles. The van der Waals surface area contributed by atoms with E-state index in [0.717, 1.165) is 23.8 Å². The largest absolute Gasteiger partial charge is 0.305 e. The quantitative estimate of drug-likeness (QED) is 0.614. The fourth-order valence-corrected chi connectivity index (χ4v) is 3.83. The van der Waals surface area contributed by atoms with Crippen LogP contribution in [0.2, 0.25) is 0 Å². The Bertz CT molecular complexity index is 218. The molecule has 0 saturated carbocycles.